The minimum absolute atomic E-state index is 0.0196. The zero-order valence-corrected chi connectivity index (χ0v) is 34.9. The Bertz CT molecular complexity index is 2860. The van der Waals surface area contributed by atoms with Crippen LogP contribution < -0.4 is 20.6 Å². The number of fused-ring (bicyclic) bond motifs is 10. The third-order valence-electron chi connectivity index (χ3n) is 12.3. The molecule has 276 valence electrons. The van der Waals surface area contributed by atoms with Crippen LogP contribution in [0.25, 0.3) is 42.1 Å². The van der Waals surface area contributed by atoms with Crippen LogP contribution in [-0.2, 0) is 16.2 Å². The average molecular weight is 745 g/mol. The Hall–Kier alpha value is -5.32. The molecule has 0 spiro atoms. The molecule has 4 heteroatoms. The van der Waals surface area contributed by atoms with Crippen molar-refractivity contribution in [3.05, 3.63) is 150 Å². The van der Waals surface area contributed by atoms with Gasteiger partial charge in [0.1, 0.15) is 0 Å². The van der Waals surface area contributed by atoms with Gasteiger partial charge in [0.25, 0.3) is 0 Å². The van der Waals surface area contributed by atoms with Crippen LogP contribution in [0.1, 0.15) is 79.0 Å². The Labute approximate surface area is 336 Å². The van der Waals surface area contributed by atoms with Crippen molar-refractivity contribution in [2.45, 2.75) is 78.6 Å². The predicted octanol–water partition coefficient (Wildman–Crippen LogP) is 13.8. The van der Waals surface area contributed by atoms with E-state index >= 15 is 0 Å². The van der Waals surface area contributed by atoms with E-state index in [9.17, 15) is 0 Å². The van der Waals surface area contributed by atoms with Crippen molar-refractivity contribution in [3.8, 4) is 11.1 Å². The second-order valence-corrected chi connectivity index (χ2v) is 20.1. The number of anilines is 5. The molecular formula is C52H49BN2S. The van der Waals surface area contributed by atoms with E-state index in [4.69, 9.17) is 0 Å². The topological polar surface area (TPSA) is 6.48 Å². The summed E-state index contributed by atoms with van der Waals surface area (Å²) in [6.45, 7) is 20.8. The van der Waals surface area contributed by atoms with Gasteiger partial charge < -0.3 is 9.71 Å². The molecule has 0 atom stereocenters. The third kappa shape index (κ3) is 5.29. The summed E-state index contributed by atoms with van der Waals surface area (Å²) in [6.07, 6.45) is 0. The van der Waals surface area contributed by atoms with Gasteiger partial charge in [-0.1, -0.05) is 141 Å². The van der Waals surface area contributed by atoms with Gasteiger partial charge in [-0.05, 0) is 115 Å². The zero-order chi connectivity index (χ0) is 38.9. The lowest BCUT2D eigenvalue weighted by molar-refractivity contribution is 0.590. The molecule has 8 aromatic rings. The maximum atomic E-state index is 2.68. The van der Waals surface area contributed by atoms with Gasteiger partial charge in [-0.3, -0.25) is 0 Å². The van der Waals surface area contributed by atoms with E-state index in [1.165, 1.54) is 98.1 Å². The van der Waals surface area contributed by atoms with E-state index in [0.29, 0.717) is 0 Å². The molecule has 0 saturated carbocycles. The van der Waals surface area contributed by atoms with E-state index in [1.54, 1.807) is 0 Å². The lowest BCUT2D eigenvalue weighted by Gasteiger charge is -2.46. The van der Waals surface area contributed by atoms with Gasteiger partial charge >= 0.3 is 6.85 Å². The molecule has 0 fully saturated rings. The van der Waals surface area contributed by atoms with Crippen LogP contribution >= 0.6 is 11.3 Å². The molecule has 0 saturated heterocycles. The molecule has 2 aliphatic heterocycles. The summed E-state index contributed by atoms with van der Waals surface area (Å²) in [5.41, 5.74) is 15.7. The van der Waals surface area contributed by atoms with Gasteiger partial charge in [-0.15, -0.1) is 11.3 Å². The van der Waals surface area contributed by atoms with Crippen molar-refractivity contribution in [3.63, 3.8) is 0 Å². The van der Waals surface area contributed by atoms with E-state index in [2.05, 4.69) is 205 Å². The first-order valence-corrected chi connectivity index (χ1v) is 21.0. The van der Waals surface area contributed by atoms with Crippen molar-refractivity contribution in [2.24, 2.45) is 0 Å². The molecule has 56 heavy (non-hydrogen) atoms. The number of hydrogen-bond donors (Lipinski definition) is 0. The smallest absolute Gasteiger partial charge is 0.333 e. The number of benzene rings is 7. The highest BCUT2D eigenvalue weighted by atomic mass is 32.1. The van der Waals surface area contributed by atoms with E-state index in [1.807, 2.05) is 11.3 Å². The molecular weight excluding hydrogens is 695 g/mol. The first-order chi connectivity index (χ1) is 26.7. The minimum atomic E-state index is -0.0534. The first-order valence-electron chi connectivity index (χ1n) is 20.1. The minimum Gasteiger partial charge on any atom is -0.376 e. The fourth-order valence-electron chi connectivity index (χ4n) is 9.27. The second kappa shape index (κ2) is 12.1. The molecule has 0 N–H and O–H groups in total. The molecule has 0 amide bonds. The van der Waals surface area contributed by atoms with Gasteiger partial charge in [-0.2, -0.15) is 0 Å². The highest BCUT2D eigenvalue weighted by Crippen LogP contribution is 2.53. The highest BCUT2D eigenvalue weighted by Gasteiger charge is 2.46. The molecule has 10 rings (SSSR count). The van der Waals surface area contributed by atoms with Gasteiger partial charge in [0.2, 0.25) is 0 Å². The zero-order valence-electron chi connectivity index (χ0n) is 34.1. The van der Waals surface area contributed by atoms with Crippen LogP contribution in [0.3, 0.4) is 0 Å². The summed E-state index contributed by atoms with van der Waals surface area (Å²) >= 11 is 1.91. The van der Waals surface area contributed by atoms with Gasteiger partial charge in [0, 0.05) is 54.2 Å². The molecule has 7 aromatic carbocycles. The Morgan fingerprint density at radius 2 is 1.04 bits per heavy atom. The quantitative estimate of drug-likeness (QED) is 0.163. The summed E-state index contributed by atoms with van der Waals surface area (Å²) < 4.78 is 2.66. The standard InChI is InChI=1S/C52H49BN2S/c1-50(2,3)33-18-23-36(24-19-33)54-41-27-22-35(52(7,8)9)31-40(41)53-49-43(54)30-32-14-10-11-15-38(32)47(49)48-42(55(53)37-25-20-34(21-26-37)51(4,5)6)28-29-45-46(48)39-16-12-13-17-44(39)56-45/h10-31H,1-9H3. The highest BCUT2D eigenvalue weighted by molar-refractivity contribution is 7.26. The van der Waals surface area contributed by atoms with E-state index < -0.39 is 0 Å². The van der Waals surface area contributed by atoms with Crippen LogP contribution in [0, 0.1) is 0 Å². The van der Waals surface area contributed by atoms with Crippen molar-refractivity contribution in [2.75, 3.05) is 9.71 Å². The fourth-order valence-corrected chi connectivity index (χ4v) is 10.4. The van der Waals surface area contributed by atoms with Gasteiger partial charge in [0.15, 0.2) is 0 Å². The maximum Gasteiger partial charge on any atom is 0.333 e. The number of thiophene rings is 1. The van der Waals surface area contributed by atoms with Crippen molar-refractivity contribution < 1.29 is 0 Å². The SMILES string of the molecule is CC(C)(C)c1ccc(N2B3c4cc(C(C)(C)C)ccc4N(c4ccc(C(C)(C)C)cc4)c4cc5ccccc5c(c43)-c3c2ccc2sc4ccccc4c32)cc1. The molecule has 0 radical (unpaired) electrons. The summed E-state index contributed by atoms with van der Waals surface area (Å²) in [4.78, 5) is 5.24. The largest absolute Gasteiger partial charge is 0.376 e. The molecule has 3 heterocycles. The van der Waals surface area contributed by atoms with Crippen LogP contribution in [0.4, 0.5) is 28.4 Å². The lowest BCUT2D eigenvalue weighted by atomic mass is 9.42. The van der Waals surface area contributed by atoms with Crippen LogP contribution in [0.5, 0.6) is 0 Å². The molecule has 2 aliphatic rings. The average Bonchev–Trinajstić information content (AvgIpc) is 3.55. The first kappa shape index (κ1) is 35.1. The van der Waals surface area contributed by atoms with E-state index in [0.717, 1.165) is 0 Å². The normalized spacial score (nSPS) is 14.1. The van der Waals surface area contributed by atoms with Gasteiger partial charge in [0.05, 0.1) is 0 Å². The second-order valence-electron chi connectivity index (χ2n) is 19.1. The Morgan fingerprint density at radius 3 is 1.70 bits per heavy atom. The summed E-state index contributed by atoms with van der Waals surface area (Å²) in [6, 6.07) is 51.4. The molecule has 0 aliphatic carbocycles. The Kier molecular flexibility index (Phi) is 7.58. The number of nitrogens with zero attached hydrogens (tertiary/aromatic N) is 2. The lowest BCUT2D eigenvalue weighted by Crippen LogP contribution is -2.61. The fraction of sp³-hybridized carbons (Fsp3) is 0.231. The van der Waals surface area contributed by atoms with Crippen LogP contribution in [0.2, 0.25) is 0 Å². The van der Waals surface area contributed by atoms with Crippen molar-refractivity contribution in [1.82, 2.24) is 0 Å². The van der Waals surface area contributed by atoms with Crippen molar-refractivity contribution >= 4 is 88.5 Å². The number of rotatable bonds is 2. The summed E-state index contributed by atoms with van der Waals surface area (Å²) in [5, 5.41) is 5.25. The van der Waals surface area contributed by atoms with Crippen molar-refractivity contribution in [1.29, 1.82) is 0 Å². The van der Waals surface area contributed by atoms with Gasteiger partial charge in [-0.25, -0.2) is 0 Å². The van der Waals surface area contributed by atoms with Crippen LogP contribution in [0.15, 0.2) is 133 Å². The molecule has 1 aromatic heterocycles. The monoisotopic (exact) mass is 744 g/mol. The third-order valence-corrected chi connectivity index (χ3v) is 13.4. The molecule has 2 nitrogen and oxygen atoms in total. The molecule has 0 bridgehead atoms. The Balaban J connectivity index is 1.38. The predicted molar refractivity (Wildman–Crippen MR) is 247 cm³/mol. The van der Waals surface area contributed by atoms with E-state index in [-0.39, 0.29) is 23.1 Å². The molecule has 0 unspecified atom stereocenters. The number of hydrogen-bond acceptors (Lipinski definition) is 3. The Morgan fingerprint density at radius 1 is 0.464 bits per heavy atom. The summed E-state index contributed by atoms with van der Waals surface area (Å²) in [7, 11) is 0. The van der Waals surface area contributed by atoms with Crippen LogP contribution in [-0.4, -0.2) is 6.85 Å². The summed E-state index contributed by atoms with van der Waals surface area (Å²) in [5.74, 6) is 0. The maximum absolute atomic E-state index is 2.68.